The lowest BCUT2D eigenvalue weighted by Crippen LogP contribution is -2.47. The van der Waals surface area contributed by atoms with Crippen molar-refractivity contribution in [2.24, 2.45) is 0 Å². The average Bonchev–Trinajstić information content (AvgIpc) is 3.10. The predicted molar refractivity (Wildman–Crippen MR) is 105 cm³/mol. The van der Waals surface area contributed by atoms with Crippen LogP contribution in [0.15, 0.2) is 41.9 Å². The number of nitrogens with zero attached hydrogens (tertiary/aromatic N) is 2. The van der Waals surface area contributed by atoms with E-state index in [-0.39, 0.29) is 24.7 Å². The molecular formula is C20H19F2N3O2S. The summed E-state index contributed by atoms with van der Waals surface area (Å²) in [7, 11) is 1.62. The second kappa shape index (κ2) is 8.43. The van der Waals surface area contributed by atoms with E-state index in [0.717, 1.165) is 16.3 Å². The molecule has 0 saturated carbocycles. The maximum atomic E-state index is 13.4. The van der Waals surface area contributed by atoms with Crippen molar-refractivity contribution in [1.82, 2.24) is 10.3 Å². The molecule has 5 nitrogen and oxygen atoms in total. The first-order valence-corrected chi connectivity index (χ1v) is 9.54. The first kappa shape index (κ1) is 19.9. The lowest BCUT2D eigenvalue weighted by atomic mass is 10.0. The van der Waals surface area contributed by atoms with Crippen LogP contribution in [0.5, 0.6) is 0 Å². The highest BCUT2D eigenvalue weighted by atomic mass is 32.1. The molecule has 1 heterocycles. The molecule has 8 heteroatoms. The first-order valence-electron chi connectivity index (χ1n) is 8.66. The molecule has 146 valence electrons. The van der Waals surface area contributed by atoms with Gasteiger partial charge in [0.1, 0.15) is 17.7 Å². The Morgan fingerprint density at radius 3 is 2.57 bits per heavy atom. The Labute approximate surface area is 165 Å². The van der Waals surface area contributed by atoms with Gasteiger partial charge < -0.3 is 10.2 Å². The number of hydrogen-bond acceptors (Lipinski definition) is 4. The van der Waals surface area contributed by atoms with E-state index < -0.39 is 17.7 Å². The lowest BCUT2D eigenvalue weighted by molar-refractivity contribution is -0.126. The maximum absolute atomic E-state index is 13.4. The number of halogens is 2. The molecule has 0 aliphatic rings. The van der Waals surface area contributed by atoms with E-state index in [1.807, 2.05) is 12.1 Å². The second-order valence-electron chi connectivity index (χ2n) is 6.47. The molecule has 1 N–H and O–H groups in total. The highest BCUT2D eigenvalue weighted by Crippen LogP contribution is 2.24. The zero-order chi connectivity index (χ0) is 20.3. The minimum Gasteiger partial charge on any atom is -0.345 e. The number of likely N-dealkylation sites (N-methyl/N-ethyl adjacent to an activating group) is 1. The number of aryl methyl sites for hydroxylation is 1. The molecule has 3 rings (SSSR count). The molecule has 0 spiro atoms. The predicted octanol–water partition coefficient (Wildman–Crippen LogP) is 3.67. The van der Waals surface area contributed by atoms with Gasteiger partial charge in [0.15, 0.2) is 0 Å². The highest BCUT2D eigenvalue weighted by molar-refractivity contribution is 7.16. The molecule has 0 radical (unpaired) electrons. The number of carbonyl (C=O) groups excluding carboxylic acids is 2. The summed E-state index contributed by atoms with van der Waals surface area (Å²) in [6, 6.07) is 7.91. The lowest BCUT2D eigenvalue weighted by Gasteiger charge is -2.24. The normalized spacial score (nSPS) is 12.0. The van der Waals surface area contributed by atoms with E-state index >= 15 is 0 Å². The Kier molecular flexibility index (Phi) is 5.99. The summed E-state index contributed by atoms with van der Waals surface area (Å²) in [6.45, 7) is 1.32. The van der Waals surface area contributed by atoms with Crippen LogP contribution in [-0.4, -0.2) is 29.9 Å². The number of rotatable bonds is 6. The number of thiazole rings is 1. The summed E-state index contributed by atoms with van der Waals surface area (Å²) in [6.07, 6.45) is 0.453. The van der Waals surface area contributed by atoms with Gasteiger partial charge in [0, 0.05) is 25.7 Å². The Bertz CT molecular complexity index is 1000. The van der Waals surface area contributed by atoms with Gasteiger partial charge in [-0.2, -0.15) is 0 Å². The van der Waals surface area contributed by atoms with Gasteiger partial charge in [-0.05, 0) is 48.7 Å². The summed E-state index contributed by atoms with van der Waals surface area (Å²) >= 11 is 1.51. The van der Waals surface area contributed by atoms with Crippen LogP contribution in [0.4, 0.5) is 14.5 Å². The summed E-state index contributed by atoms with van der Waals surface area (Å²) in [5, 5.41) is 2.63. The van der Waals surface area contributed by atoms with Gasteiger partial charge in [-0.15, -0.1) is 11.3 Å². The molecular weight excluding hydrogens is 384 g/mol. The molecule has 1 aromatic heterocycles. The minimum atomic E-state index is -0.819. The Hall–Kier alpha value is -2.87. The van der Waals surface area contributed by atoms with Crippen molar-refractivity contribution in [2.45, 2.75) is 25.8 Å². The first-order chi connectivity index (χ1) is 13.3. The number of hydrogen-bond donors (Lipinski definition) is 1. The van der Waals surface area contributed by atoms with Crippen molar-refractivity contribution >= 4 is 39.1 Å². The highest BCUT2D eigenvalue weighted by Gasteiger charge is 2.24. The third-order valence-electron chi connectivity index (χ3n) is 4.35. The Balaban J connectivity index is 1.77. The fourth-order valence-electron chi connectivity index (χ4n) is 2.98. The second-order valence-corrected chi connectivity index (χ2v) is 7.36. The van der Waals surface area contributed by atoms with Gasteiger partial charge in [0.05, 0.1) is 15.7 Å². The molecule has 2 aromatic carbocycles. The van der Waals surface area contributed by atoms with Gasteiger partial charge >= 0.3 is 0 Å². The standard InChI is InChI=1S/C20H19F2N3O2S/c1-12(26)24-17(5-3-13-7-14(21)9-15(22)8-13)20(27)25(2)16-4-6-19-18(10-16)23-11-28-19/h4,6-11,17H,3,5H2,1-2H3,(H,24,26)/t17-/m0/s1. The molecule has 0 unspecified atom stereocenters. The number of amides is 2. The molecule has 0 saturated heterocycles. The van der Waals surface area contributed by atoms with E-state index in [4.69, 9.17) is 0 Å². The van der Waals surface area contributed by atoms with Crippen LogP contribution in [0.25, 0.3) is 10.2 Å². The number of nitrogens with one attached hydrogen (secondary N) is 1. The van der Waals surface area contributed by atoms with Crippen molar-refractivity contribution in [3.05, 3.63) is 59.1 Å². The third kappa shape index (κ3) is 4.69. The molecule has 0 aliphatic heterocycles. The van der Waals surface area contributed by atoms with Crippen molar-refractivity contribution in [3.8, 4) is 0 Å². The molecule has 3 aromatic rings. The fraction of sp³-hybridized carbons (Fsp3) is 0.250. The minimum absolute atomic E-state index is 0.213. The molecule has 0 aliphatic carbocycles. The largest absolute Gasteiger partial charge is 0.345 e. The third-order valence-corrected chi connectivity index (χ3v) is 5.16. The molecule has 0 fully saturated rings. The van der Waals surface area contributed by atoms with Gasteiger partial charge in [0.2, 0.25) is 11.8 Å². The molecule has 28 heavy (non-hydrogen) atoms. The topological polar surface area (TPSA) is 62.3 Å². The van der Waals surface area contributed by atoms with Crippen LogP contribution in [0.1, 0.15) is 18.9 Å². The van der Waals surface area contributed by atoms with Crippen molar-refractivity contribution in [1.29, 1.82) is 0 Å². The average molecular weight is 403 g/mol. The fourth-order valence-corrected chi connectivity index (χ4v) is 3.64. The van der Waals surface area contributed by atoms with Crippen LogP contribution >= 0.6 is 11.3 Å². The van der Waals surface area contributed by atoms with Crippen LogP contribution < -0.4 is 10.2 Å². The number of carbonyl (C=O) groups is 2. The summed E-state index contributed by atoms with van der Waals surface area (Å²) < 4.78 is 27.8. The Morgan fingerprint density at radius 2 is 1.89 bits per heavy atom. The molecule has 0 bridgehead atoms. The van der Waals surface area contributed by atoms with Crippen LogP contribution in [0.2, 0.25) is 0 Å². The number of anilines is 1. The summed E-state index contributed by atoms with van der Waals surface area (Å²) in [4.78, 5) is 30.2. The van der Waals surface area contributed by atoms with Crippen molar-refractivity contribution < 1.29 is 18.4 Å². The zero-order valence-electron chi connectivity index (χ0n) is 15.4. The number of fused-ring (bicyclic) bond motifs is 1. The van der Waals surface area contributed by atoms with E-state index in [9.17, 15) is 18.4 Å². The van der Waals surface area contributed by atoms with Crippen molar-refractivity contribution in [3.63, 3.8) is 0 Å². The van der Waals surface area contributed by atoms with Gasteiger partial charge in [-0.3, -0.25) is 9.59 Å². The quantitative estimate of drug-likeness (QED) is 0.683. The summed E-state index contributed by atoms with van der Waals surface area (Å²) in [5.41, 5.74) is 3.59. The smallest absolute Gasteiger partial charge is 0.249 e. The van der Waals surface area contributed by atoms with Gasteiger partial charge in [0.25, 0.3) is 0 Å². The maximum Gasteiger partial charge on any atom is 0.249 e. The van der Waals surface area contributed by atoms with E-state index in [1.165, 1.54) is 35.3 Å². The number of aromatic nitrogens is 1. The number of benzene rings is 2. The molecule has 2 amide bonds. The Morgan fingerprint density at radius 1 is 1.18 bits per heavy atom. The SMILES string of the molecule is CC(=O)N[C@@H](CCc1cc(F)cc(F)c1)C(=O)N(C)c1ccc2scnc2c1. The van der Waals surface area contributed by atoms with Crippen LogP contribution in [0, 0.1) is 11.6 Å². The van der Waals surface area contributed by atoms with E-state index in [1.54, 1.807) is 18.6 Å². The van der Waals surface area contributed by atoms with E-state index in [0.29, 0.717) is 11.3 Å². The van der Waals surface area contributed by atoms with Crippen LogP contribution in [0.3, 0.4) is 0 Å². The van der Waals surface area contributed by atoms with Crippen molar-refractivity contribution in [2.75, 3.05) is 11.9 Å². The monoisotopic (exact) mass is 403 g/mol. The van der Waals surface area contributed by atoms with Crippen LogP contribution in [-0.2, 0) is 16.0 Å². The van der Waals surface area contributed by atoms with E-state index in [2.05, 4.69) is 10.3 Å². The zero-order valence-corrected chi connectivity index (χ0v) is 16.2. The van der Waals surface area contributed by atoms with Gasteiger partial charge in [-0.1, -0.05) is 0 Å². The summed E-state index contributed by atoms with van der Waals surface area (Å²) in [5.74, 6) is -2.02. The van der Waals surface area contributed by atoms with Gasteiger partial charge in [-0.25, -0.2) is 13.8 Å². The molecule has 1 atom stereocenters.